The van der Waals surface area contributed by atoms with E-state index in [1.165, 1.54) is 0 Å². The van der Waals surface area contributed by atoms with Crippen molar-refractivity contribution < 1.29 is 8.78 Å². The van der Waals surface area contributed by atoms with E-state index in [2.05, 4.69) is 34.3 Å². The van der Waals surface area contributed by atoms with Crippen molar-refractivity contribution in [2.45, 2.75) is 18.2 Å². The highest BCUT2D eigenvalue weighted by Gasteiger charge is 2.26. The lowest BCUT2D eigenvalue weighted by Gasteiger charge is -2.07. The van der Waals surface area contributed by atoms with E-state index in [1.807, 2.05) is 0 Å². The molecule has 0 N–H and O–H groups in total. The molecule has 0 aliphatic carbocycles. The van der Waals surface area contributed by atoms with Gasteiger partial charge >= 0.3 is 4.83 Å². The van der Waals surface area contributed by atoms with Gasteiger partial charge in [0, 0.05) is 12.0 Å². The molecule has 0 aliphatic heterocycles. The zero-order valence-electron chi connectivity index (χ0n) is 5.55. The molecule has 0 amide bonds. The molecule has 0 atom stereocenters. The molecule has 10 heavy (non-hydrogen) atoms. The van der Waals surface area contributed by atoms with Crippen LogP contribution in [0.1, 0.15) is 13.3 Å². The van der Waals surface area contributed by atoms with Gasteiger partial charge in [0.25, 0.3) is 0 Å². The van der Waals surface area contributed by atoms with Crippen LogP contribution in [0.4, 0.5) is 8.78 Å². The van der Waals surface area contributed by atoms with Gasteiger partial charge in [-0.1, -0.05) is 12.5 Å². The summed E-state index contributed by atoms with van der Waals surface area (Å²) < 4.78 is 24.4. The van der Waals surface area contributed by atoms with Crippen molar-refractivity contribution in [3.63, 3.8) is 0 Å². The van der Waals surface area contributed by atoms with E-state index in [0.717, 1.165) is 0 Å². The molecule has 0 radical (unpaired) electrons. The maximum atomic E-state index is 12.2. The van der Waals surface area contributed by atoms with Gasteiger partial charge in [0.15, 0.2) is 0 Å². The van der Waals surface area contributed by atoms with Crippen LogP contribution in [0.5, 0.6) is 0 Å². The van der Waals surface area contributed by atoms with Crippen molar-refractivity contribution in [1.82, 2.24) is 0 Å². The van der Waals surface area contributed by atoms with E-state index in [0.29, 0.717) is 0 Å². The lowest BCUT2D eigenvalue weighted by Crippen LogP contribution is -2.07. The van der Waals surface area contributed by atoms with Crippen molar-refractivity contribution in [2.75, 3.05) is 0 Å². The second-order valence-electron chi connectivity index (χ2n) is 1.70. The maximum Gasteiger partial charge on any atom is 0.323 e. The fourth-order valence-electron chi connectivity index (χ4n) is 0.295. The van der Waals surface area contributed by atoms with E-state index >= 15 is 0 Å². The highest BCUT2D eigenvalue weighted by Crippen LogP contribution is 2.31. The Labute approximate surface area is 67.4 Å². The molecule has 0 fully saturated rings. The van der Waals surface area contributed by atoms with Gasteiger partial charge in [0.2, 0.25) is 0 Å². The van der Waals surface area contributed by atoms with E-state index in [1.54, 1.807) is 6.92 Å². The van der Waals surface area contributed by atoms with Crippen molar-refractivity contribution in [3.8, 4) is 11.8 Å². The Morgan fingerprint density at radius 3 is 2.50 bits per heavy atom. The van der Waals surface area contributed by atoms with E-state index < -0.39 is 4.83 Å². The molecule has 0 aliphatic rings. The molecule has 0 rings (SSSR count). The first-order valence-electron chi connectivity index (χ1n) is 2.63. The van der Waals surface area contributed by atoms with Gasteiger partial charge in [-0.15, -0.1) is 5.92 Å². The summed E-state index contributed by atoms with van der Waals surface area (Å²) in [6, 6.07) is 0. The van der Waals surface area contributed by atoms with Gasteiger partial charge in [-0.3, -0.25) is 0 Å². The first kappa shape index (κ1) is 9.64. The summed E-state index contributed by atoms with van der Waals surface area (Å²) in [5.74, 6) is 5.00. The summed E-state index contributed by atoms with van der Waals surface area (Å²) in [5, 5.41) is 0. The smallest absolute Gasteiger partial charge is 0.189 e. The van der Waals surface area contributed by atoms with Crippen LogP contribution >= 0.6 is 15.9 Å². The first-order valence-corrected chi connectivity index (χ1v) is 3.42. The van der Waals surface area contributed by atoms with Gasteiger partial charge in [0.05, 0.1) is 0 Å². The van der Waals surface area contributed by atoms with Crippen molar-refractivity contribution in [1.29, 1.82) is 0 Å². The molecule has 0 spiro atoms. The van der Waals surface area contributed by atoms with Crippen LogP contribution in [0.25, 0.3) is 0 Å². The van der Waals surface area contributed by atoms with Crippen LogP contribution in [0.15, 0.2) is 12.2 Å². The summed E-state index contributed by atoms with van der Waals surface area (Å²) in [6.07, 6.45) is 0.0365. The summed E-state index contributed by atoms with van der Waals surface area (Å²) in [7, 11) is 0. The zero-order valence-corrected chi connectivity index (χ0v) is 7.13. The van der Waals surface area contributed by atoms with Crippen molar-refractivity contribution >= 4 is 15.9 Å². The fraction of sp³-hybridized carbons (Fsp3) is 0.429. The summed E-state index contributed by atoms with van der Waals surface area (Å²) in [4.78, 5) is -2.98. The van der Waals surface area contributed by atoms with Gasteiger partial charge in [0.1, 0.15) is 0 Å². The number of hydrogen-bond donors (Lipinski definition) is 0. The van der Waals surface area contributed by atoms with Crippen LogP contribution in [-0.2, 0) is 0 Å². The molecule has 0 nitrogen and oxygen atoms in total. The number of hydrogen-bond acceptors (Lipinski definition) is 0. The minimum Gasteiger partial charge on any atom is -0.189 e. The standard InChI is InChI=1S/C7H7BrF2/c1-3-4-5-6(2)7(8,9)10/h2,5H2,1H3. The highest BCUT2D eigenvalue weighted by atomic mass is 79.9. The largest absolute Gasteiger partial charge is 0.323 e. The van der Waals surface area contributed by atoms with Crippen LogP contribution in [0, 0.1) is 11.8 Å². The maximum absolute atomic E-state index is 12.2. The second-order valence-corrected chi connectivity index (χ2v) is 2.70. The van der Waals surface area contributed by atoms with Gasteiger partial charge in [-0.05, 0) is 22.9 Å². The normalized spacial score (nSPS) is 10.0. The molecule has 56 valence electrons. The SMILES string of the molecule is C=C(CC#CC)C(F)(F)Br. The molecule has 3 heteroatoms. The molecule has 0 saturated heterocycles. The zero-order chi connectivity index (χ0) is 8.20. The lowest BCUT2D eigenvalue weighted by molar-refractivity contribution is 0.155. The molecule has 0 aromatic carbocycles. The number of rotatable bonds is 2. The Bertz CT molecular complexity index is 180. The Kier molecular flexibility index (Phi) is 3.59. The molecule has 0 bridgehead atoms. The highest BCUT2D eigenvalue weighted by molar-refractivity contribution is 9.10. The molecular weight excluding hydrogens is 202 g/mol. The molecule has 0 saturated carbocycles. The van der Waals surface area contributed by atoms with Crippen LogP contribution < -0.4 is 0 Å². The molecule has 0 unspecified atom stereocenters. The Morgan fingerprint density at radius 2 is 2.20 bits per heavy atom. The summed E-state index contributed by atoms with van der Waals surface area (Å²) >= 11 is 2.17. The van der Waals surface area contributed by atoms with Gasteiger partial charge in [-0.2, -0.15) is 8.78 Å². The Morgan fingerprint density at radius 1 is 1.70 bits per heavy atom. The number of allylic oxidation sites excluding steroid dienone is 1. The Hall–Kier alpha value is -0.360. The van der Waals surface area contributed by atoms with E-state index in [4.69, 9.17) is 0 Å². The van der Waals surface area contributed by atoms with E-state index in [9.17, 15) is 8.78 Å². The van der Waals surface area contributed by atoms with Crippen LogP contribution in [0.2, 0.25) is 0 Å². The first-order chi connectivity index (χ1) is 4.48. The average molecular weight is 209 g/mol. The quantitative estimate of drug-likeness (QED) is 0.372. The van der Waals surface area contributed by atoms with Gasteiger partial charge in [-0.25, -0.2) is 0 Å². The van der Waals surface area contributed by atoms with E-state index in [-0.39, 0.29) is 12.0 Å². The topological polar surface area (TPSA) is 0 Å². The van der Waals surface area contributed by atoms with Crippen LogP contribution in [-0.4, -0.2) is 4.83 Å². The average Bonchev–Trinajstić information content (AvgIpc) is 1.80. The van der Waals surface area contributed by atoms with Crippen molar-refractivity contribution in [2.24, 2.45) is 0 Å². The molecule has 0 aromatic heterocycles. The predicted octanol–water partition coefficient (Wildman–Crippen LogP) is 2.94. The summed E-state index contributed by atoms with van der Waals surface area (Å²) in [6.45, 7) is 4.76. The Balaban J connectivity index is 3.95. The monoisotopic (exact) mass is 208 g/mol. The number of halogens is 3. The van der Waals surface area contributed by atoms with Crippen molar-refractivity contribution in [3.05, 3.63) is 12.2 Å². The second kappa shape index (κ2) is 3.72. The third-order valence-electron chi connectivity index (χ3n) is 0.879. The third-order valence-corrected chi connectivity index (χ3v) is 1.44. The minimum atomic E-state index is -2.98. The fourth-order valence-corrected chi connectivity index (χ4v) is 0.435. The van der Waals surface area contributed by atoms with Gasteiger partial charge < -0.3 is 0 Å². The minimum absolute atomic E-state index is 0.0365. The molecule has 0 aromatic rings. The molecular formula is C7H7BrF2. The summed E-state index contributed by atoms with van der Waals surface area (Å²) in [5.41, 5.74) is -0.207. The lowest BCUT2D eigenvalue weighted by atomic mass is 10.2. The number of alkyl halides is 3. The third kappa shape index (κ3) is 3.62. The molecule has 0 heterocycles. The predicted molar refractivity (Wildman–Crippen MR) is 41.1 cm³/mol. The van der Waals surface area contributed by atoms with Crippen LogP contribution in [0.3, 0.4) is 0 Å².